The molecule has 9 nitrogen and oxygen atoms in total. The van der Waals surface area contributed by atoms with Crippen molar-refractivity contribution in [1.29, 1.82) is 5.26 Å². The number of hydrogen-bond donors (Lipinski definition) is 0. The summed E-state index contributed by atoms with van der Waals surface area (Å²) in [6.07, 6.45) is 6.99. The number of sulfonamides is 1. The van der Waals surface area contributed by atoms with Crippen molar-refractivity contribution in [2.75, 3.05) is 20.6 Å². The van der Waals surface area contributed by atoms with Gasteiger partial charge in [-0.3, -0.25) is 14.5 Å². The Bertz CT molecular complexity index is 1660. The van der Waals surface area contributed by atoms with E-state index in [9.17, 15) is 23.3 Å². The first-order valence-corrected chi connectivity index (χ1v) is 14.9. The predicted molar refractivity (Wildman–Crippen MR) is 157 cm³/mol. The van der Waals surface area contributed by atoms with Crippen molar-refractivity contribution in [2.24, 2.45) is 0 Å². The molecule has 0 unspecified atom stereocenters. The molecule has 1 aromatic heterocycles. The highest BCUT2D eigenvalue weighted by atomic mass is 32.2. The van der Waals surface area contributed by atoms with Crippen molar-refractivity contribution in [3.63, 3.8) is 0 Å². The number of carbonyl (C=O) groups excluding carboxylic acids is 2. The Morgan fingerprint density at radius 2 is 1.66 bits per heavy atom. The van der Waals surface area contributed by atoms with E-state index in [2.05, 4.69) is 6.92 Å². The molecule has 2 aromatic carbocycles. The minimum absolute atomic E-state index is 0.0541. The Labute approximate surface area is 241 Å². The third kappa shape index (κ3) is 6.06. The van der Waals surface area contributed by atoms with Gasteiger partial charge in [0.05, 0.1) is 16.3 Å². The molecule has 0 saturated carbocycles. The highest BCUT2D eigenvalue weighted by Crippen LogP contribution is 2.32. The second-order valence-electron chi connectivity index (χ2n) is 10.0. The number of unbranched alkanes of at least 4 members (excludes halogenated alkanes) is 3. The van der Waals surface area contributed by atoms with Gasteiger partial charge in [0.15, 0.2) is 0 Å². The number of rotatable bonds is 10. The molecule has 41 heavy (non-hydrogen) atoms. The number of imide groups is 1. The molecule has 0 bridgehead atoms. The van der Waals surface area contributed by atoms with Crippen LogP contribution in [-0.4, -0.2) is 59.9 Å². The van der Waals surface area contributed by atoms with E-state index in [0.717, 1.165) is 34.2 Å². The van der Waals surface area contributed by atoms with E-state index in [1.165, 1.54) is 26.2 Å². The average molecular weight is 572 g/mol. The van der Waals surface area contributed by atoms with Gasteiger partial charge in [0.2, 0.25) is 10.0 Å². The molecule has 1 aliphatic rings. The number of aromatic nitrogens is 2. The summed E-state index contributed by atoms with van der Waals surface area (Å²) in [5.74, 6) is -1.02. The summed E-state index contributed by atoms with van der Waals surface area (Å²) in [4.78, 5) is 27.9. The maximum Gasteiger partial charge on any atom is 0.271 e. The molecule has 10 heteroatoms. The first kappa shape index (κ1) is 29.6. The molecule has 2 heterocycles. The second kappa shape index (κ2) is 12.5. The summed E-state index contributed by atoms with van der Waals surface area (Å²) < 4.78 is 28.0. The quantitative estimate of drug-likeness (QED) is 0.193. The average Bonchev–Trinajstić information content (AvgIpc) is 3.39. The zero-order valence-electron chi connectivity index (χ0n) is 23.7. The van der Waals surface area contributed by atoms with E-state index < -0.39 is 21.8 Å². The van der Waals surface area contributed by atoms with E-state index in [1.54, 1.807) is 36.0 Å². The van der Waals surface area contributed by atoms with Gasteiger partial charge in [-0.2, -0.15) is 10.4 Å². The van der Waals surface area contributed by atoms with Crippen LogP contribution in [-0.2, 0) is 19.6 Å². The molecule has 4 rings (SSSR count). The van der Waals surface area contributed by atoms with Gasteiger partial charge in [0, 0.05) is 43.5 Å². The van der Waals surface area contributed by atoms with Crippen molar-refractivity contribution in [2.45, 2.75) is 44.4 Å². The molecule has 0 N–H and O–H groups in total. The molecule has 0 radical (unpaired) electrons. The SMILES string of the molecule is CCCCCCN1C(=O)C(C#N)=C(C)/C(=C\c2cn(-c3ccccc3)nc2-c2ccc(S(=O)(=O)N(C)C)cc2)C1=O. The number of carbonyl (C=O) groups is 2. The van der Waals surface area contributed by atoms with Crippen molar-refractivity contribution >= 4 is 27.9 Å². The summed E-state index contributed by atoms with van der Waals surface area (Å²) in [5.41, 5.74) is 3.04. The third-order valence-corrected chi connectivity index (χ3v) is 8.86. The van der Waals surface area contributed by atoms with E-state index in [4.69, 9.17) is 5.10 Å². The Kier molecular flexibility index (Phi) is 9.01. The first-order valence-electron chi connectivity index (χ1n) is 13.5. The second-order valence-corrected chi connectivity index (χ2v) is 12.2. The van der Waals surface area contributed by atoms with Crippen LogP contribution < -0.4 is 0 Å². The van der Waals surface area contributed by atoms with Gasteiger partial charge in [0.1, 0.15) is 11.6 Å². The Balaban J connectivity index is 1.84. The normalized spacial score (nSPS) is 15.2. The zero-order chi connectivity index (χ0) is 29.7. The van der Waals surface area contributed by atoms with Gasteiger partial charge in [-0.25, -0.2) is 17.4 Å². The third-order valence-electron chi connectivity index (χ3n) is 7.03. The monoisotopic (exact) mass is 571 g/mol. The molecule has 1 aliphatic heterocycles. The number of benzene rings is 2. The van der Waals surface area contributed by atoms with Crippen molar-refractivity contribution in [3.8, 4) is 23.0 Å². The molecular formula is C31H33N5O4S. The molecule has 0 aliphatic carbocycles. The predicted octanol–water partition coefficient (Wildman–Crippen LogP) is 4.96. The van der Waals surface area contributed by atoms with Crippen LogP contribution in [0, 0.1) is 11.3 Å². The zero-order valence-corrected chi connectivity index (χ0v) is 24.5. The lowest BCUT2D eigenvalue weighted by molar-refractivity contribution is -0.140. The van der Waals surface area contributed by atoms with Crippen LogP contribution in [0.2, 0.25) is 0 Å². The van der Waals surface area contributed by atoms with E-state index in [1.807, 2.05) is 36.4 Å². The number of nitriles is 1. The first-order chi connectivity index (χ1) is 19.6. The molecule has 0 atom stereocenters. The maximum atomic E-state index is 13.6. The molecule has 212 valence electrons. The standard InChI is InChI=1S/C31H33N5O4S/c1-5-6-7-11-18-35-30(37)27(22(2)28(20-32)31(35)38)19-24-21-36(25-12-9-8-10-13-25)33-29(24)23-14-16-26(17-15-23)41(39,40)34(3)4/h8-10,12-17,19,21H,5-7,11,18H2,1-4H3/b27-19+. The van der Waals surface area contributed by atoms with Crippen LogP contribution in [0.4, 0.5) is 0 Å². The van der Waals surface area contributed by atoms with Crippen LogP contribution in [0.5, 0.6) is 0 Å². The fourth-order valence-corrected chi connectivity index (χ4v) is 5.51. The smallest absolute Gasteiger partial charge is 0.271 e. The Morgan fingerprint density at radius 3 is 2.27 bits per heavy atom. The summed E-state index contributed by atoms with van der Waals surface area (Å²) >= 11 is 0. The number of nitrogens with zero attached hydrogens (tertiary/aromatic N) is 5. The summed E-state index contributed by atoms with van der Waals surface area (Å²) in [6.45, 7) is 3.93. The largest absolute Gasteiger partial charge is 0.274 e. The minimum Gasteiger partial charge on any atom is -0.274 e. The van der Waals surface area contributed by atoms with Crippen molar-refractivity contribution in [3.05, 3.63) is 83.1 Å². The van der Waals surface area contributed by atoms with E-state index in [-0.39, 0.29) is 22.6 Å². The minimum atomic E-state index is -3.62. The Hall–Kier alpha value is -4.33. The number of hydrogen-bond acceptors (Lipinski definition) is 6. The van der Waals surface area contributed by atoms with Crippen LogP contribution in [0.1, 0.15) is 45.1 Å². The van der Waals surface area contributed by atoms with Gasteiger partial charge in [-0.1, -0.05) is 56.5 Å². The highest BCUT2D eigenvalue weighted by Gasteiger charge is 2.35. The van der Waals surface area contributed by atoms with Gasteiger partial charge in [-0.15, -0.1) is 0 Å². The lowest BCUT2D eigenvalue weighted by Crippen LogP contribution is -2.43. The van der Waals surface area contributed by atoms with Crippen molar-refractivity contribution in [1.82, 2.24) is 19.0 Å². The lowest BCUT2D eigenvalue weighted by Gasteiger charge is -2.27. The van der Waals surface area contributed by atoms with Crippen LogP contribution in [0.25, 0.3) is 23.0 Å². The number of amides is 2. The van der Waals surface area contributed by atoms with E-state index in [0.29, 0.717) is 28.8 Å². The molecule has 3 aromatic rings. The fourth-order valence-electron chi connectivity index (χ4n) is 4.61. The summed E-state index contributed by atoms with van der Waals surface area (Å²) in [7, 11) is -0.673. The topological polar surface area (TPSA) is 116 Å². The highest BCUT2D eigenvalue weighted by molar-refractivity contribution is 7.89. The molecule has 0 fully saturated rings. The number of para-hydroxylation sites is 1. The fraction of sp³-hybridized carbons (Fsp3) is 0.290. The van der Waals surface area contributed by atoms with Gasteiger partial charge < -0.3 is 0 Å². The van der Waals surface area contributed by atoms with Gasteiger partial charge in [-0.05, 0) is 49.3 Å². The van der Waals surface area contributed by atoms with E-state index >= 15 is 0 Å². The van der Waals surface area contributed by atoms with Crippen molar-refractivity contribution < 1.29 is 18.0 Å². The Morgan fingerprint density at radius 1 is 0.976 bits per heavy atom. The molecular weight excluding hydrogens is 538 g/mol. The van der Waals surface area contributed by atoms with Gasteiger partial charge in [0.25, 0.3) is 11.8 Å². The van der Waals surface area contributed by atoms with Crippen LogP contribution >= 0.6 is 0 Å². The van der Waals surface area contributed by atoms with Crippen LogP contribution in [0.3, 0.4) is 0 Å². The van der Waals surface area contributed by atoms with Gasteiger partial charge >= 0.3 is 0 Å². The lowest BCUT2D eigenvalue weighted by atomic mass is 9.93. The van der Waals surface area contributed by atoms with Crippen LogP contribution in [0.15, 0.2) is 82.4 Å². The summed E-state index contributed by atoms with van der Waals surface area (Å²) in [5, 5.41) is 14.6. The molecule has 2 amide bonds. The molecule has 0 spiro atoms. The summed E-state index contributed by atoms with van der Waals surface area (Å²) in [6, 6.07) is 17.8. The molecule has 0 saturated heterocycles. The maximum absolute atomic E-state index is 13.6.